The van der Waals surface area contributed by atoms with Crippen LogP contribution in [0.1, 0.15) is 6.92 Å². The van der Waals surface area contributed by atoms with Crippen LogP contribution in [0.2, 0.25) is 0 Å². The zero-order chi connectivity index (χ0) is 9.68. The van der Waals surface area contributed by atoms with Crippen LogP contribution < -0.4 is 0 Å². The molecular formula is C8H13NO3S. The third-order valence-corrected chi connectivity index (χ3v) is 2.72. The van der Waals surface area contributed by atoms with Crippen molar-refractivity contribution in [2.45, 2.75) is 6.92 Å². The topological polar surface area (TPSA) is 47.9 Å². The molecule has 0 N–H and O–H groups in total. The molecule has 0 spiro atoms. The first-order chi connectivity index (χ1) is 6.24. The lowest BCUT2D eigenvalue weighted by atomic mass is 10.2. The first-order valence-corrected chi connectivity index (χ1v) is 5.10. The fourth-order valence-corrected chi connectivity index (χ4v) is 1.62. The fraction of sp³-hybridized carbons (Fsp3) is 0.750. The van der Waals surface area contributed by atoms with Crippen molar-refractivity contribution in [2.24, 2.45) is 10.9 Å². The van der Waals surface area contributed by atoms with Gasteiger partial charge < -0.3 is 9.47 Å². The predicted octanol–water partition coefficient (Wildman–Crippen LogP) is 1.55. The Morgan fingerprint density at radius 2 is 2.62 bits per heavy atom. The SMILES string of the molecule is COC(=O)SCC(C)C1=NCCO1. The number of nitrogens with zero attached hydrogens (tertiary/aromatic N) is 1. The van der Waals surface area contributed by atoms with E-state index < -0.39 is 0 Å². The van der Waals surface area contributed by atoms with E-state index in [2.05, 4.69) is 9.73 Å². The molecule has 74 valence electrons. The molecule has 1 heterocycles. The summed E-state index contributed by atoms with van der Waals surface area (Å²) in [5.41, 5.74) is 0. The van der Waals surface area contributed by atoms with Crippen molar-refractivity contribution >= 4 is 23.0 Å². The molecule has 1 atom stereocenters. The molecule has 1 unspecified atom stereocenters. The molecule has 0 aromatic heterocycles. The second-order valence-corrected chi connectivity index (χ2v) is 3.69. The minimum Gasteiger partial charge on any atom is -0.479 e. The third-order valence-electron chi connectivity index (χ3n) is 1.65. The van der Waals surface area contributed by atoms with Gasteiger partial charge in [0.1, 0.15) is 6.61 Å². The minimum atomic E-state index is -0.259. The van der Waals surface area contributed by atoms with Crippen molar-refractivity contribution in [2.75, 3.05) is 26.0 Å². The highest BCUT2D eigenvalue weighted by molar-refractivity contribution is 8.13. The van der Waals surface area contributed by atoms with E-state index in [0.29, 0.717) is 12.4 Å². The average Bonchev–Trinajstić information content (AvgIpc) is 2.66. The van der Waals surface area contributed by atoms with Crippen LogP contribution in [0.5, 0.6) is 0 Å². The highest BCUT2D eigenvalue weighted by atomic mass is 32.2. The van der Waals surface area contributed by atoms with Crippen LogP contribution in [0.15, 0.2) is 4.99 Å². The van der Waals surface area contributed by atoms with E-state index >= 15 is 0 Å². The van der Waals surface area contributed by atoms with E-state index in [0.717, 1.165) is 24.2 Å². The monoisotopic (exact) mass is 203 g/mol. The zero-order valence-electron chi connectivity index (χ0n) is 7.78. The van der Waals surface area contributed by atoms with Gasteiger partial charge in [0.25, 0.3) is 0 Å². The molecule has 0 saturated heterocycles. The highest BCUT2D eigenvalue weighted by Gasteiger charge is 2.17. The molecule has 0 aromatic rings. The van der Waals surface area contributed by atoms with Crippen LogP contribution in [0.25, 0.3) is 0 Å². The molecule has 0 aromatic carbocycles. The van der Waals surface area contributed by atoms with Crippen LogP contribution in [0.3, 0.4) is 0 Å². The maximum absolute atomic E-state index is 10.8. The lowest BCUT2D eigenvalue weighted by molar-refractivity contribution is 0.200. The first kappa shape index (κ1) is 10.4. The van der Waals surface area contributed by atoms with Crippen LogP contribution in [-0.4, -0.2) is 37.2 Å². The third kappa shape index (κ3) is 3.26. The van der Waals surface area contributed by atoms with Gasteiger partial charge in [-0.05, 0) is 11.8 Å². The number of methoxy groups -OCH3 is 1. The van der Waals surface area contributed by atoms with Gasteiger partial charge in [0.05, 0.1) is 13.7 Å². The summed E-state index contributed by atoms with van der Waals surface area (Å²) in [4.78, 5) is 15.0. The highest BCUT2D eigenvalue weighted by Crippen LogP contribution is 2.14. The second-order valence-electron chi connectivity index (χ2n) is 2.73. The van der Waals surface area contributed by atoms with Gasteiger partial charge in [0.2, 0.25) is 0 Å². The molecule has 1 aliphatic rings. The molecule has 0 bridgehead atoms. The van der Waals surface area contributed by atoms with E-state index in [1.54, 1.807) is 0 Å². The largest absolute Gasteiger partial charge is 0.479 e. The molecule has 13 heavy (non-hydrogen) atoms. The van der Waals surface area contributed by atoms with Gasteiger partial charge in [-0.15, -0.1) is 0 Å². The van der Waals surface area contributed by atoms with E-state index in [-0.39, 0.29) is 11.2 Å². The Kier molecular flexibility index (Phi) is 4.08. The average molecular weight is 203 g/mol. The van der Waals surface area contributed by atoms with Gasteiger partial charge in [-0.1, -0.05) is 6.92 Å². The summed E-state index contributed by atoms with van der Waals surface area (Å²) in [6.45, 7) is 3.39. The van der Waals surface area contributed by atoms with Crippen molar-refractivity contribution in [1.82, 2.24) is 0 Å². The molecule has 5 heteroatoms. The Labute approximate surface area is 81.7 Å². The number of hydrogen-bond donors (Lipinski definition) is 0. The number of thioether (sulfide) groups is 1. The van der Waals surface area contributed by atoms with Crippen LogP contribution >= 0.6 is 11.8 Å². The fourth-order valence-electron chi connectivity index (χ4n) is 0.973. The lowest BCUT2D eigenvalue weighted by Crippen LogP contribution is -2.14. The summed E-state index contributed by atoms with van der Waals surface area (Å²) in [6.07, 6.45) is 0. The molecule has 0 saturated carbocycles. The Bertz CT molecular complexity index is 217. The zero-order valence-corrected chi connectivity index (χ0v) is 8.60. The normalized spacial score (nSPS) is 17.5. The van der Waals surface area contributed by atoms with Crippen molar-refractivity contribution in [3.63, 3.8) is 0 Å². The molecule has 1 aliphatic heterocycles. The standard InChI is InChI=1S/C8H13NO3S/c1-6(5-13-8(10)11-2)7-9-3-4-12-7/h6H,3-5H2,1-2H3. The summed E-state index contributed by atoms with van der Waals surface area (Å²) in [6, 6.07) is 0. The van der Waals surface area contributed by atoms with E-state index in [1.807, 2.05) is 6.92 Å². The second kappa shape index (κ2) is 5.11. The summed E-state index contributed by atoms with van der Waals surface area (Å²) in [5, 5.41) is -0.259. The van der Waals surface area contributed by atoms with Gasteiger partial charge in [-0.25, -0.2) is 4.79 Å². The number of carbonyl (C=O) groups excluding carboxylic acids is 1. The summed E-state index contributed by atoms with van der Waals surface area (Å²) >= 11 is 1.15. The summed E-state index contributed by atoms with van der Waals surface area (Å²) < 4.78 is 9.77. The molecule has 4 nitrogen and oxygen atoms in total. The van der Waals surface area contributed by atoms with Gasteiger partial charge >= 0.3 is 5.30 Å². The predicted molar refractivity (Wildman–Crippen MR) is 52.3 cm³/mol. The van der Waals surface area contributed by atoms with Crippen molar-refractivity contribution in [3.05, 3.63) is 0 Å². The van der Waals surface area contributed by atoms with Crippen molar-refractivity contribution in [3.8, 4) is 0 Å². The van der Waals surface area contributed by atoms with E-state index in [1.165, 1.54) is 7.11 Å². The van der Waals surface area contributed by atoms with Crippen LogP contribution in [0.4, 0.5) is 4.79 Å². The quantitative estimate of drug-likeness (QED) is 0.653. The van der Waals surface area contributed by atoms with Gasteiger partial charge in [0, 0.05) is 11.7 Å². The van der Waals surface area contributed by atoms with Gasteiger partial charge in [0.15, 0.2) is 5.90 Å². The van der Waals surface area contributed by atoms with Gasteiger partial charge in [-0.3, -0.25) is 4.99 Å². The number of hydrogen-bond acceptors (Lipinski definition) is 5. The maximum Gasteiger partial charge on any atom is 0.367 e. The smallest absolute Gasteiger partial charge is 0.367 e. The molecule has 0 amide bonds. The van der Waals surface area contributed by atoms with Crippen molar-refractivity contribution in [1.29, 1.82) is 0 Å². The Hall–Kier alpha value is -0.710. The molecule has 0 aliphatic carbocycles. The minimum absolute atomic E-state index is 0.187. The number of aliphatic imine (C=N–C) groups is 1. The van der Waals surface area contributed by atoms with Crippen LogP contribution in [0, 0.1) is 5.92 Å². The summed E-state index contributed by atoms with van der Waals surface area (Å²) in [7, 11) is 1.38. The van der Waals surface area contributed by atoms with Gasteiger partial charge in [-0.2, -0.15) is 0 Å². The Morgan fingerprint density at radius 3 is 3.15 bits per heavy atom. The molecule has 0 fully saturated rings. The number of rotatable bonds is 3. The number of carbonyl (C=O) groups is 1. The Balaban J connectivity index is 2.24. The lowest BCUT2D eigenvalue weighted by Gasteiger charge is -2.09. The first-order valence-electron chi connectivity index (χ1n) is 4.12. The molecule has 1 rings (SSSR count). The summed E-state index contributed by atoms with van der Waals surface area (Å²) in [5.74, 6) is 1.61. The van der Waals surface area contributed by atoms with Crippen molar-refractivity contribution < 1.29 is 14.3 Å². The Morgan fingerprint density at radius 1 is 1.85 bits per heavy atom. The molecular weight excluding hydrogens is 190 g/mol. The van der Waals surface area contributed by atoms with Crippen LogP contribution in [-0.2, 0) is 9.47 Å². The van der Waals surface area contributed by atoms with E-state index in [4.69, 9.17) is 4.74 Å². The molecule has 0 radical (unpaired) electrons. The maximum atomic E-state index is 10.8. The number of ether oxygens (including phenoxy) is 2. The van der Waals surface area contributed by atoms with E-state index in [9.17, 15) is 4.79 Å².